The van der Waals surface area contributed by atoms with Crippen molar-refractivity contribution >= 4 is 28.1 Å². The zero-order valence-electron chi connectivity index (χ0n) is 33.2. The fraction of sp³-hybridized carbons (Fsp3) is 0.0526. The zero-order valence-corrected chi connectivity index (χ0v) is 33.2. The zero-order chi connectivity index (χ0) is 40.1. The lowest BCUT2D eigenvalue weighted by Crippen LogP contribution is -2.39. The first-order valence-corrected chi connectivity index (χ1v) is 20.8. The minimum atomic E-state index is -0.0950. The van der Waals surface area contributed by atoms with E-state index >= 15 is 0 Å². The topological polar surface area (TPSA) is 36.1 Å². The van der Waals surface area contributed by atoms with Gasteiger partial charge in [-0.1, -0.05) is 231 Å². The van der Waals surface area contributed by atoms with E-state index in [0.717, 1.165) is 22.5 Å². The van der Waals surface area contributed by atoms with Gasteiger partial charge in [-0.15, -0.1) is 0 Å². The van der Waals surface area contributed by atoms with Gasteiger partial charge < -0.3 is 10.6 Å². The van der Waals surface area contributed by atoms with Crippen LogP contribution in [0, 0.1) is 0 Å². The lowest BCUT2D eigenvalue weighted by atomic mass is 9.77. The van der Waals surface area contributed by atoms with Crippen LogP contribution < -0.4 is 16.0 Å². The summed E-state index contributed by atoms with van der Waals surface area (Å²) >= 11 is 0. The van der Waals surface area contributed by atoms with Gasteiger partial charge in [0.25, 0.3) is 0 Å². The molecule has 2 aliphatic rings. The van der Waals surface area contributed by atoms with Crippen molar-refractivity contribution in [1.29, 1.82) is 0 Å². The Bertz CT molecular complexity index is 2780. The maximum absolute atomic E-state index is 4.10. The molecule has 0 fully saturated rings. The first-order valence-electron chi connectivity index (χ1n) is 20.8. The monoisotopic (exact) mass is 771 g/mol. The van der Waals surface area contributed by atoms with Crippen LogP contribution in [0.1, 0.15) is 62.8 Å². The predicted molar refractivity (Wildman–Crippen MR) is 250 cm³/mol. The second-order valence-corrected chi connectivity index (χ2v) is 15.4. The van der Waals surface area contributed by atoms with Gasteiger partial charge in [-0.2, -0.15) is 0 Å². The van der Waals surface area contributed by atoms with Gasteiger partial charge in [-0.3, -0.25) is 5.32 Å². The van der Waals surface area contributed by atoms with Crippen molar-refractivity contribution in [2.24, 2.45) is 0 Å². The molecule has 0 aromatic heterocycles. The highest BCUT2D eigenvalue weighted by atomic mass is 15.2. The van der Waals surface area contributed by atoms with Gasteiger partial charge in [-0.05, 0) is 72.9 Å². The molecule has 0 radical (unpaired) electrons. The van der Waals surface area contributed by atoms with Crippen molar-refractivity contribution in [3.8, 4) is 11.1 Å². The SMILES string of the molecule is C1=C(c2ccc(-c3ccccc3)cc2)NC(c2ccccc2)NC1c1ccc(C2=C(c3ccccc3)C(c3ccccc3)NC(c3ccccc3)=C2c2ccccc2)cc1. The Morgan fingerprint density at radius 3 is 1.32 bits per heavy atom. The molecular weight excluding hydrogens is 727 g/mol. The van der Waals surface area contributed by atoms with Crippen molar-refractivity contribution in [1.82, 2.24) is 16.0 Å². The molecule has 0 aliphatic carbocycles. The van der Waals surface area contributed by atoms with Crippen LogP contribution >= 0.6 is 0 Å². The summed E-state index contributed by atoms with van der Waals surface area (Å²) in [6, 6.07) is 82.7. The van der Waals surface area contributed by atoms with Crippen LogP contribution in [0.5, 0.6) is 0 Å². The summed E-state index contributed by atoms with van der Waals surface area (Å²) in [5, 5.41) is 11.9. The standard InChI is InChI=1S/C57H45N3/c1-7-19-40(20-8-1)41-31-33-42(34-32-41)50-39-51(59-57(58-50)49-29-17-6-18-30-49)43-35-37-46(38-36-43)52-53(44-21-9-2-10-22-44)55(47-25-13-4-14-26-47)60-56(48-27-15-5-16-28-48)54(52)45-23-11-3-12-24-45/h1-39,51,55,57-60H. The number of dihydropyridines is 1. The van der Waals surface area contributed by atoms with Crippen LogP contribution in [0.3, 0.4) is 0 Å². The van der Waals surface area contributed by atoms with Gasteiger partial charge in [0, 0.05) is 11.3 Å². The summed E-state index contributed by atoms with van der Waals surface area (Å²) in [7, 11) is 0. The third-order valence-corrected chi connectivity index (χ3v) is 11.7. The molecule has 288 valence electrons. The van der Waals surface area contributed by atoms with Gasteiger partial charge in [0.2, 0.25) is 0 Å². The van der Waals surface area contributed by atoms with Crippen LogP contribution in [-0.2, 0) is 0 Å². The fourth-order valence-electron chi connectivity index (χ4n) is 8.71. The molecule has 0 spiro atoms. The summed E-state index contributed by atoms with van der Waals surface area (Å²) in [6.45, 7) is 0. The van der Waals surface area contributed by atoms with Crippen molar-refractivity contribution in [2.75, 3.05) is 0 Å². The normalized spacial score (nSPS) is 17.7. The number of allylic oxidation sites excluding steroid dienone is 2. The molecule has 2 aliphatic heterocycles. The first-order chi connectivity index (χ1) is 29.8. The van der Waals surface area contributed by atoms with E-state index < -0.39 is 0 Å². The molecule has 8 aromatic carbocycles. The molecule has 0 saturated carbocycles. The molecular formula is C57H45N3. The van der Waals surface area contributed by atoms with Crippen molar-refractivity contribution in [3.05, 3.63) is 281 Å². The average Bonchev–Trinajstić information content (AvgIpc) is 3.35. The van der Waals surface area contributed by atoms with Crippen molar-refractivity contribution in [2.45, 2.75) is 18.2 Å². The van der Waals surface area contributed by atoms with E-state index in [1.54, 1.807) is 0 Å². The highest BCUT2D eigenvalue weighted by Crippen LogP contribution is 2.50. The van der Waals surface area contributed by atoms with E-state index in [1.807, 2.05) is 0 Å². The second kappa shape index (κ2) is 16.8. The third kappa shape index (κ3) is 7.51. The van der Waals surface area contributed by atoms with E-state index in [4.69, 9.17) is 0 Å². The van der Waals surface area contributed by atoms with Crippen LogP contribution in [0.15, 0.2) is 237 Å². The maximum Gasteiger partial charge on any atom is 0.104 e. The lowest BCUT2D eigenvalue weighted by molar-refractivity contribution is 0.442. The molecule has 3 atom stereocenters. The number of hydrogen-bond donors (Lipinski definition) is 3. The van der Waals surface area contributed by atoms with E-state index in [0.29, 0.717) is 0 Å². The smallest absolute Gasteiger partial charge is 0.104 e. The van der Waals surface area contributed by atoms with Gasteiger partial charge in [0.1, 0.15) is 6.17 Å². The van der Waals surface area contributed by atoms with Crippen LogP contribution in [0.2, 0.25) is 0 Å². The molecule has 10 rings (SSSR count). The second-order valence-electron chi connectivity index (χ2n) is 15.4. The maximum atomic E-state index is 4.10. The Morgan fingerprint density at radius 1 is 0.300 bits per heavy atom. The molecule has 0 amide bonds. The summed E-state index contributed by atoms with van der Waals surface area (Å²) in [6.07, 6.45) is 2.26. The van der Waals surface area contributed by atoms with E-state index in [2.05, 4.69) is 253 Å². The Morgan fingerprint density at radius 2 is 0.733 bits per heavy atom. The summed E-state index contributed by atoms with van der Waals surface area (Å²) in [4.78, 5) is 0. The largest absolute Gasteiger partial charge is 0.373 e. The minimum Gasteiger partial charge on any atom is -0.373 e. The molecule has 3 unspecified atom stereocenters. The minimum absolute atomic E-state index is 0.0361. The molecule has 8 aromatic rings. The van der Waals surface area contributed by atoms with E-state index in [-0.39, 0.29) is 18.2 Å². The van der Waals surface area contributed by atoms with Gasteiger partial charge in [-0.25, -0.2) is 0 Å². The van der Waals surface area contributed by atoms with E-state index in [9.17, 15) is 0 Å². The summed E-state index contributed by atoms with van der Waals surface area (Å²) < 4.78 is 0. The molecule has 3 N–H and O–H groups in total. The summed E-state index contributed by atoms with van der Waals surface area (Å²) in [5.41, 5.74) is 17.7. The highest BCUT2D eigenvalue weighted by Gasteiger charge is 2.33. The highest BCUT2D eigenvalue weighted by molar-refractivity contribution is 6.23. The predicted octanol–water partition coefficient (Wildman–Crippen LogP) is 13.2. The average molecular weight is 772 g/mol. The molecule has 3 heteroatoms. The van der Waals surface area contributed by atoms with Crippen LogP contribution in [0.25, 0.3) is 39.2 Å². The quantitative estimate of drug-likeness (QED) is 0.137. The molecule has 60 heavy (non-hydrogen) atoms. The van der Waals surface area contributed by atoms with Gasteiger partial charge in [0.05, 0.1) is 17.8 Å². The van der Waals surface area contributed by atoms with Gasteiger partial charge >= 0.3 is 0 Å². The molecule has 3 nitrogen and oxygen atoms in total. The number of hydrogen-bond acceptors (Lipinski definition) is 3. The fourth-order valence-corrected chi connectivity index (χ4v) is 8.71. The first kappa shape index (κ1) is 36.9. The van der Waals surface area contributed by atoms with Crippen molar-refractivity contribution in [3.63, 3.8) is 0 Å². The number of nitrogens with one attached hydrogen (secondary N) is 3. The van der Waals surface area contributed by atoms with Gasteiger partial charge in [0.15, 0.2) is 0 Å². The Kier molecular flexibility index (Phi) is 10.3. The number of rotatable bonds is 9. The Balaban J connectivity index is 1.12. The molecule has 0 bridgehead atoms. The Hall–Kier alpha value is -7.46. The van der Waals surface area contributed by atoms with Crippen LogP contribution in [-0.4, -0.2) is 0 Å². The van der Waals surface area contributed by atoms with Crippen molar-refractivity contribution < 1.29 is 0 Å². The van der Waals surface area contributed by atoms with E-state index in [1.165, 1.54) is 61.2 Å². The molecule has 0 saturated heterocycles. The molecule has 2 heterocycles. The summed E-state index contributed by atoms with van der Waals surface area (Å²) in [5.74, 6) is 0. The third-order valence-electron chi connectivity index (χ3n) is 11.7. The Labute approximate surface area is 353 Å². The lowest BCUT2D eigenvalue weighted by Gasteiger charge is -2.36. The van der Waals surface area contributed by atoms with Crippen LogP contribution in [0.4, 0.5) is 0 Å². The number of benzene rings is 8.